The Hall–Kier alpha value is -2.15. The number of benzene rings is 1. The van der Waals surface area contributed by atoms with E-state index >= 15 is 0 Å². The Kier molecular flexibility index (Phi) is 7.43. The summed E-state index contributed by atoms with van der Waals surface area (Å²) in [5, 5.41) is 3.80. The van der Waals surface area contributed by atoms with Crippen molar-refractivity contribution in [2.75, 3.05) is 51.2 Å². The maximum atomic E-state index is 12.7. The lowest BCUT2D eigenvalue weighted by molar-refractivity contribution is -0.125. The number of carbonyl (C=O) groups excluding carboxylic acids is 1. The minimum Gasteiger partial charge on any atom is -0.357 e. The molecule has 0 saturated carbocycles. The van der Waals surface area contributed by atoms with Crippen molar-refractivity contribution >= 4 is 23.3 Å². The predicted molar refractivity (Wildman–Crippen MR) is 125 cm³/mol. The third-order valence-corrected chi connectivity index (χ3v) is 6.59. The third-order valence-electron chi connectivity index (χ3n) is 6.36. The molecule has 1 aromatic heterocycles. The SMILES string of the molecule is CN1CCN(Cc2cccc(CNC(=O)C3CCN(c4ccc(Cl)cn4)CC3)c2)CC1. The predicted octanol–water partition coefficient (Wildman–Crippen LogP) is 3.02. The number of anilines is 1. The van der Waals surface area contributed by atoms with Gasteiger partial charge < -0.3 is 15.1 Å². The number of piperazine rings is 1. The van der Waals surface area contributed by atoms with Gasteiger partial charge in [0.1, 0.15) is 5.82 Å². The molecule has 1 N–H and O–H groups in total. The molecule has 0 radical (unpaired) electrons. The van der Waals surface area contributed by atoms with E-state index in [1.54, 1.807) is 6.20 Å². The monoisotopic (exact) mass is 441 g/mol. The van der Waals surface area contributed by atoms with Crippen LogP contribution >= 0.6 is 11.6 Å². The second-order valence-corrected chi connectivity index (χ2v) is 9.15. The molecule has 2 fully saturated rings. The van der Waals surface area contributed by atoms with Crippen LogP contribution in [0, 0.1) is 5.92 Å². The lowest BCUT2D eigenvalue weighted by atomic mass is 9.95. The van der Waals surface area contributed by atoms with Crippen LogP contribution in [0.3, 0.4) is 0 Å². The maximum Gasteiger partial charge on any atom is 0.223 e. The Labute approximate surface area is 190 Å². The van der Waals surface area contributed by atoms with Crippen LogP contribution in [0.5, 0.6) is 0 Å². The molecular weight excluding hydrogens is 410 g/mol. The highest BCUT2D eigenvalue weighted by Crippen LogP contribution is 2.23. The molecule has 2 aliphatic rings. The van der Waals surface area contributed by atoms with Gasteiger partial charge in [0, 0.05) is 64.5 Å². The zero-order valence-corrected chi connectivity index (χ0v) is 19.0. The maximum absolute atomic E-state index is 12.7. The minimum absolute atomic E-state index is 0.0667. The molecule has 2 aromatic rings. The van der Waals surface area contributed by atoms with E-state index in [0.717, 1.165) is 64.5 Å². The van der Waals surface area contributed by atoms with Crippen LogP contribution in [0.2, 0.25) is 5.02 Å². The Balaban J connectivity index is 1.23. The van der Waals surface area contributed by atoms with Crippen LogP contribution in [0.1, 0.15) is 24.0 Å². The van der Waals surface area contributed by atoms with E-state index in [2.05, 4.69) is 56.3 Å². The van der Waals surface area contributed by atoms with E-state index in [1.807, 2.05) is 12.1 Å². The highest BCUT2D eigenvalue weighted by atomic mass is 35.5. The van der Waals surface area contributed by atoms with Gasteiger partial charge in [-0.05, 0) is 43.1 Å². The van der Waals surface area contributed by atoms with Crippen molar-refractivity contribution in [3.05, 3.63) is 58.7 Å². The molecule has 1 aromatic carbocycles. The second-order valence-electron chi connectivity index (χ2n) is 8.71. The number of likely N-dealkylation sites (N-methyl/N-ethyl adjacent to an activating group) is 1. The molecule has 0 unspecified atom stereocenters. The van der Waals surface area contributed by atoms with Crippen molar-refractivity contribution in [2.24, 2.45) is 5.92 Å². The van der Waals surface area contributed by atoms with E-state index in [0.29, 0.717) is 11.6 Å². The average molecular weight is 442 g/mol. The number of hydrogen-bond donors (Lipinski definition) is 1. The van der Waals surface area contributed by atoms with Crippen molar-refractivity contribution in [1.29, 1.82) is 0 Å². The van der Waals surface area contributed by atoms with Gasteiger partial charge in [-0.1, -0.05) is 35.9 Å². The van der Waals surface area contributed by atoms with Gasteiger partial charge in [-0.25, -0.2) is 4.98 Å². The summed E-state index contributed by atoms with van der Waals surface area (Å²) in [4.78, 5) is 24.2. The average Bonchev–Trinajstić information content (AvgIpc) is 2.80. The summed E-state index contributed by atoms with van der Waals surface area (Å²) in [6, 6.07) is 12.4. The topological polar surface area (TPSA) is 51.7 Å². The van der Waals surface area contributed by atoms with Gasteiger partial charge >= 0.3 is 0 Å². The second kappa shape index (κ2) is 10.4. The number of carbonyl (C=O) groups is 1. The Morgan fingerprint density at radius 3 is 2.52 bits per heavy atom. The molecule has 7 heteroatoms. The Bertz CT molecular complexity index is 859. The first-order valence-corrected chi connectivity index (χ1v) is 11.6. The molecule has 6 nitrogen and oxygen atoms in total. The number of nitrogens with one attached hydrogen (secondary N) is 1. The molecule has 0 bridgehead atoms. The van der Waals surface area contributed by atoms with E-state index in [9.17, 15) is 4.79 Å². The molecule has 2 aliphatic heterocycles. The lowest BCUT2D eigenvalue weighted by Gasteiger charge is -2.32. The largest absolute Gasteiger partial charge is 0.357 e. The van der Waals surface area contributed by atoms with Crippen LogP contribution in [-0.4, -0.2) is 67.0 Å². The first kappa shape index (κ1) is 22.1. The zero-order chi connectivity index (χ0) is 21.6. The summed E-state index contributed by atoms with van der Waals surface area (Å²) in [5.74, 6) is 1.16. The van der Waals surface area contributed by atoms with Crippen LogP contribution in [0.25, 0.3) is 0 Å². The molecule has 0 aliphatic carbocycles. The van der Waals surface area contributed by atoms with Gasteiger partial charge in [0.15, 0.2) is 0 Å². The highest BCUT2D eigenvalue weighted by Gasteiger charge is 2.25. The molecule has 31 heavy (non-hydrogen) atoms. The summed E-state index contributed by atoms with van der Waals surface area (Å²) in [6.07, 6.45) is 3.37. The number of piperidine rings is 1. The van der Waals surface area contributed by atoms with Crippen molar-refractivity contribution in [1.82, 2.24) is 20.1 Å². The highest BCUT2D eigenvalue weighted by molar-refractivity contribution is 6.30. The fourth-order valence-corrected chi connectivity index (χ4v) is 4.47. The number of aromatic nitrogens is 1. The number of amides is 1. The molecule has 2 saturated heterocycles. The zero-order valence-electron chi connectivity index (χ0n) is 18.3. The summed E-state index contributed by atoms with van der Waals surface area (Å²) < 4.78 is 0. The first-order chi connectivity index (χ1) is 15.1. The molecule has 0 atom stereocenters. The van der Waals surface area contributed by atoms with Crippen molar-refractivity contribution < 1.29 is 4.79 Å². The Morgan fingerprint density at radius 2 is 1.81 bits per heavy atom. The molecular formula is C24H32ClN5O. The standard InChI is InChI=1S/C24H32ClN5O/c1-28-11-13-29(14-12-28)18-20-4-2-3-19(15-20)16-27-24(31)21-7-9-30(10-8-21)23-6-5-22(25)17-26-23/h2-6,15,17,21H,7-14,16,18H2,1H3,(H,27,31). The van der Waals surface area contributed by atoms with Crippen molar-refractivity contribution in [3.63, 3.8) is 0 Å². The summed E-state index contributed by atoms with van der Waals surface area (Å²) in [5.41, 5.74) is 2.49. The van der Waals surface area contributed by atoms with Gasteiger partial charge in [0.05, 0.1) is 5.02 Å². The molecule has 0 spiro atoms. The van der Waals surface area contributed by atoms with E-state index in [4.69, 9.17) is 11.6 Å². The number of halogens is 1. The number of rotatable bonds is 6. The van der Waals surface area contributed by atoms with Gasteiger partial charge in [0.25, 0.3) is 0 Å². The fourth-order valence-electron chi connectivity index (χ4n) is 4.36. The lowest BCUT2D eigenvalue weighted by Crippen LogP contribution is -2.43. The third kappa shape index (κ3) is 6.19. The first-order valence-electron chi connectivity index (χ1n) is 11.2. The van der Waals surface area contributed by atoms with Gasteiger partial charge in [-0.15, -0.1) is 0 Å². The van der Waals surface area contributed by atoms with Crippen LogP contribution in [-0.2, 0) is 17.9 Å². The summed E-state index contributed by atoms with van der Waals surface area (Å²) in [6.45, 7) is 7.73. The molecule has 4 rings (SSSR count). The quantitative estimate of drug-likeness (QED) is 0.746. The normalized spacial score (nSPS) is 18.8. The van der Waals surface area contributed by atoms with E-state index < -0.39 is 0 Å². The van der Waals surface area contributed by atoms with Gasteiger partial charge in [-0.3, -0.25) is 9.69 Å². The number of pyridine rings is 1. The van der Waals surface area contributed by atoms with E-state index in [1.165, 1.54) is 11.1 Å². The van der Waals surface area contributed by atoms with Crippen molar-refractivity contribution in [3.8, 4) is 0 Å². The fraction of sp³-hybridized carbons (Fsp3) is 0.500. The van der Waals surface area contributed by atoms with Crippen LogP contribution in [0.15, 0.2) is 42.6 Å². The van der Waals surface area contributed by atoms with Crippen LogP contribution < -0.4 is 10.2 Å². The van der Waals surface area contributed by atoms with Gasteiger partial charge in [-0.2, -0.15) is 0 Å². The minimum atomic E-state index is 0.0667. The summed E-state index contributed by atoms with van der Waals surface area (Å²) in [7, 11) is 2.18. The Morgan fingerprint density at radius 1 is 1.06 bits per heavy atom. The molecule has 166 valence electrons. The number of nitrogens with zero attached hydrogens (tertiary/aromatic N) is 4. The molecule has 3 heterocycles. The van der Waals surface area contributed by atoms with Crippen molar-refractivity contribution in [2.45, 2.75) is 25.9 Å². The van der Waals surface area contributed by atoms with E-state index in [-0.39, 0.29) is 11.8 Å². The smallest absolute Gasteiger partial charge is 0.223 e. The molecule has 1 amide bonds. The number of hydrogen-bond acceptors (Lipinski definition) is 5. The summed E-state index contributed by atoms with van der Waals surface area (Å²) >= 11 is 5.93. The van der Waals surface area contributed by atoms with Gasteiger partial charge in [0.2, 0.25) is 5.91 Å². The van der Waals surface area contributed by atoms with Crippen LogP contribution in [0.4, 0.5) is 5.82 Å².